The van der Waals surface area contributed by atoms with E-state index in [1.54, 1.807) is 25.1 Å². The third kappa shape index (κ3) is 4.08. The minimum absolute atomic E-state index is 0.189. The number of nitrogens with one attached hydrogen (secondary N) is 1. The summed E-state index contributed by atoms with van der Waals surface area (Å²) in [6.45, 7) is 2.14. The van der Waals surface area contributed by atoms with Crippen LogP contribution < -0.4 is 9.62 Å². The number of hydrogen-bond donors (Lipinski definition) is 1. The molecule has 0 fully saturated rings. The van der Waals surface area contributed by atoms with Gasteiger partial charge in [-0.25, -0.2) is 8.42 Å². The first-order valence-corrected chi connectivity index (χ1v) is 11.3. The highest BCUT2D eigenvalue weighted by Crippen LogP contribution is 2.31. The van der Waals surface area contributed by atoms with Crippen LogP contribution in [0.3, 0.4) is 0 Å². The summed E-state index contributed by atoms with van der Waals surface area (Å²) in [7, 11) is -3.34. The number of hydrogen-bond acceptors (Lipinski definition) is 4. The van der Waals surface area contributed by atoms with Gasteiger partial charge in [0, 0.05) is 21.4 Å². The summed E-state index contributed by atoms with van der Waals surface area (Å²) in [6, 6.07) is 14.5. The number of halogens is 1. The van der Waals surface area contributed by atoms with Gasteiger partial charge in [-0.2, -0.15) is 0 Å². The molecule has 26 heavy (non-hydrogen) atoms. The van der Waals surface area contributed by atoms with Crippen molar-refractivity contribution < 1.29 is 13.2 Å². The van der Waals surface area contributed by atoms with Crippen molar-refractivity contribution in [1.82, 2.24) is 0 Å². The second-order valence-electron chi connectivity index (χ2n) is 5.72. The number of nitrogens with zero attached hydrogens (tertiary/aromatic N) is 1. The predicted molar refractivity (Wildman–Crippen MR) is 112 cm³/mol. The van der Waals surface area contributed by atoms with Gasteiger partial charge in [0.05, 0.1) is 16.8 Å². The Morgan fingerprint density at radius 3 is 2.46 bits per heavy atom. The quantitative estimate of drug-likeness (QED) is 0.609. The van der Waals surface area contributed by atoms with Crippen molar-refractivity contribution in [3.63, 3.8) is 0 Å². The third-order valence-electron chi connectivity index (χ3n) is 3.80. The van der Waals surface area contributed by atoms with E-state index >= 15 is 0 Å². The Kier molecular flexibility index (Phi) is 5.36. The van der Waals surface area contributed by atoms with Gasteiger partial charge in [-0.3, -0.25) is 9.10 Å². The van der Waals surface area contributed by atoms with Crippen molar-refractivity contribution in [2.24, 2.45) is 0 Å². The molecule has 5 nitrogen and oxygen atoms in total. The lowest BCUT2D eigenvalue weighted by molar-refractivity contribution is 0.103. The number of benzene rings is 2. The van der Waals surface area contributed by atoms with E-state index in [-0.39, 0.29) is 5.91 Å². The van der Waals surface area contributed by atoms with E-state index in [1.165, 1.54) is 21.9 Å². The summed E-state index contributed by atoms with van der Waals surface area (Å²) in [4.78, 5) is 13.1. The molecule has 0 spiro atoms. The number of rotatable bonds is 5. The Hall–Kier alpha value is -1.90. The molecule has 0 atom stereocenters. The fourth-order valence-electron chi connectivity index (χ4n) is 2.63. The molecule has 1 heterocycles. The maximum Gasteiger partial charge on any atom is 0.265 e. The summed E-state index contributed by atoms with van der Waals surface area (Å²) in [5.74, 6) is -0.189. The van der Waals surface area contributed by atoms with E-state index in [9.17, 15) is 13.2 Å². The van der Waals surface area contributed by atoms with Gasteiger partial charge < -0.3 is 5.32 Å². The summed E-state index contributed by atoms with van der Waals surface area (Å²) < 4.78 is 27.0. The first-order valence-electron chi connectivity index (χ1n) is 7.86. The van der Waals surface area contributed by atoms with Crippen LogP contribution in [0.4, 0.5) is 11.4 Å². The molecular formula is C18H17BrN2O3S2. The zero-order valence-corrected chi connectivity index (χ0v) is 17.4. The third-order valence-corrected chi connectivity index (χ3v) is 6.71. The second kappa shape index (κ2) is 7.38. The predicted octanol–water partition coefficient (Wildman–Crippen LogP) is 4.70. The van der Waals surface area contributed by atoms with Gasteiger partial charge in [0.1, 0.15) is 0 Å². The Labute approximate surface area is 164 Å². The summed E-state index contributed by atoms with van der Waals surface area (Å²) in [5.41, 5.74) is 1.31. The van der Waals surface area contributed by atoms with Crippen LogP contribution in [0.2, 0.25) is 0 Å². The maximum atomic E-state index is 12.5. The molecule has 1 amide bonds. The van der Waals surface area contributed by atoms with Crippen molar-refractivity contribution in [1.29, 1.82) is 0 Å². The average Bonchev–Trinajstić information content (AvgIpc) is 3.00. The minimum atomic E-state index is -3.34. The van der Waals surface area contributed by atoms with Crippen LogP contribution >= 0.6 is 27.3 Å². The number of thiophene rings is 1. The van der Waals surface area contributed by atoms with Crippen molar-refractivity contribution in [3.8, 4) is 0 Å². The lowest BCUT2D eigenvalue weighted by Gasteiger charge is -2.20. The molecule has 1 N–H and O–H groups in total. The van der Waals surface area contributed by atoms with Gasteiger partial charge in [-0.05, 0) is 60.8 Å². The number of carbonyl (C=O) groups is 1. The SMILES string of the molecule is CCN(c1ccc2sc(C(=O)Nc3ccc(Br)cc3)cc2c1)S(C)(=O)=O. The monoisotopic (exact) mass is 452 g/mol. The molecule has 0 saturated carbocycles. The molecule has 1 aromatic heterocycles. The van der Waals surface area contributed by atoms with E-state index in [2.05, 4.69) is 21.2 Å². The van der Waals surface area contributed by atoms with Crippen molar-refractivity contribution in [3.05, 3.63) is 57.9 Å². The van der Waals surface area contributed by atoms with Crippen molar-refractivity contribution in [2.75, 3.05) is 22.4 Å². The molecule has 0 aliphatic rings. The first kappa shape index (κ1) is 18.9. The molecule has 2 aromatic carbocycles. The lowest BCUT2D eigenvalue weighted by atomic mass is 10.2. The van der Waals surface area contributed by atoms with Crippen LogP contribution in [0.15, 0.2) is 53.0 Å². The van der Waals surface area contributed by atoms with Gasteiger partial charge in [-0.15, -0.1) is 11.3 Å². The standard InChI is InChI=1S/C18H17BrN2O3S2/c1-3-21(26(2,23)24)15-8-9-16-12(10-15)11-17(25-16)18(22)20-14-6-4-13(19)5-7-14/h4-11H,3H2,1-2H3,(H,20,22). The molecule has 0 aliphatic carbocycles. The zero-order chi connectivity index (χ0) is 18.9. The Balaban J connectivity index is 1.89. The Morgan fingerprint density at radius 1 is 1.15 bits per heavy atom. The first-order chi connectivity index (χ1) is 12.3. The molecule has 3 rings (SSSR count). The topological polar surface area (TPSA) is 66.5 Å². The second-order valence-corrected chi connectivity index (χ2v) is 9.63. The van der Waals surface area contributed by atoms with E-state index < -0.39 is 10.0 Å². The van der Waals surface area contributed by atoms with Crippen LogP contribution in [-0.2, 0) is 10.0 Å². The van der Waals surface area contributed by atoms with Crippen LogP contribution in [0.5, 0.6) is 0 Å². The minimum Gasteiger partial charge on any atom is -0.321 e. The molecule has 136 valence electrons. The molecule has 0 unspecified atom stereocenters. The molecule has 8 heteroatoms. The van der Waals surface area contributed by atoms with Gasteiger partial charge in [-0.1, -0.05) is 15.9 Å². The van der Waals surface area contributed by atoms with Gasteiger partial charge in [0.15, 0.2) is 0 Å². The highest BCUT2D eigenvalue weighted by Gasteiger charge is 2.17. The average molecular weight is 453 g/mol. The largest absolute Gasteiger partial charge is 0.321 e. The van der Waals surface area contributed by atoms with Crippen LogP contribution in [0.1, 0.15) is 16.6 Å². The fraction of sp³-hybridized carbons (Fsp3) is 0.167. The number of sulfonamides is 1. The van der Waals surface area contributed by atoms with Gasteiger partial charge >= 0.3 is 0 Å². The lowest BCUT2D eigenvalue weighted by Crippen LogP contribution is -2.29. The van der Waals surface area contributed by atoms with Crippen LogP contribution in [-0.4, -0.2) is 27.1 Å². The van der Waals surface area contributed by atoms with E-state index in [0.717, 1.165) is 14.6 Å². The Morgan fingerprint density at radius 2 is 1.85 bits per heavy atom. The molecule has 3 aromatic rings. The summed E-state index contributed by atoms with van der Waals surface area (Å²) >= 11 is 4.73. The molecule has 0 saturated heterocycles. The highest BCUT2D eigenvalue weighted by molar-refractivity contribution is 9.10. The van der Waals surface area contributed by atoms with Gasteiger partial charge in [0.25, 0.3) is 5.91 Å². The van der Waals surface area contributed by atoms with Crippen molar-refractivity contribution >= 4 is 64.7 Å². The number of carbonyl (C=O) groups excluding carboxylic acids is 1. The molecular weight excluding hydrogens is 436 g/mol. The van der Waals surface area contributed by atoms with Crippen molar-refractivity contribution in [2.45, 2.75) is 6.92 Å². The van der Waals surface area contributed by atoms with Crippen LogP contribution in [0, 0.1) is 0 Å². The zero-order valence-electron chi connectivity index (χ0n) is 14.2. The smallest absolute Gasteiger partial charge is 0.265 e. The van der Waals surface area contributed by atoms with Gasteiger partial charge in [0.2, 0.25) is 10.0 Å². The fourth-order valence-corrected chi connectivity index (χ4v) is 4.80. The Bertz CT molecular complexity index is 1060. The number of amides is 1. The molecule has 0 bridgehead atoms. The normalized spacial score (nSPS) is 11.5. The highest BCUT2D eigenvalue weighted by atomic mass is 79.9. The molecule has 0 aliphatic heterocycles. The molecule has 0 radical (unpaired) electrons. The van der Waals surface area contributed by atoms with E-state index in [0.29, 0.717) is 22.8 Å². The maximum absolute atomic E-state index is 12.5. The summed E-state index contributed by atoms with van der Waals surface area (Å²) in [6.07, 6.45) is 1.19. The number of anilines is 2. The van der Waals surface area contributed by atoms with E-state index in [4.69, 9.17) is 0 Å². The van der Waals surface area contributed by atoms with Crippen LogP contribution in [0.25, 0.3) is 10.1 Å². The van der Waals surface area contributed by atoms with E-state index in [1.807, 2.05) is 30.3 Å². The number of fused-ring (bicyclic) bond motifs is 1. The summed E-state index contributed by atoms with van der Waals surface area (Å²) in [5, 5.41) is 3.71.